The second-order valence-electron chi connectivity index (χ2n) is 20.8. The van der Waals surface area contributed by atoms with Crippen LogP contribution in [0, 0.1) is 38.2 Å². The number of hydrogen-bond donors (Lipinski definition) is 4. The van der Waals surface area contributed by atoms with Crippen molar-refractivity contribution in [3.63, 3.8) is 0 Å². The summed E-state index contributed by atoms with van der Waals surface area (Å²) in [5.74, 6) is -8.40. The Labute approximate surface area is 493 Å². The smallest absolute Gasteiger partial charge is 0.323 e. The number of carbonyl (C=O) groups is 3. The van der Waals surface area contributed by atoms with Crippen molar-refractivity contribution >= 4 is 105 Å². The highest BCUT2D eigenvalue weighted by Gasteiger charge is 2.45. The van der Waals surface area contributed by atoms with Crippen LogP contribution in [0.25, 0.3) is 32.7 Å². The van der Waals surface area contributed by atoms with Gasteiger partial charge in [-0.3, -0.25) is 18.7 Å². The second kappa shape index (κ2) is 22.9. The summed E-state index contributed by atoms with van der Waals surface area (Å²) in [5.41, 5.74) is 7.67. The van der Waals surface area contributed by atoms with Gasteiger partial charge in [-0.15, -0.1) is 4.40 Å². The number of aliphatic imine (C=N–C) groups is 1. The first-order valence-corrected chi connectivity index (χ1v) is 30.9. The Balaban J connectivity index is 0.000000145. The minimum Gasteiger partial charge on any atom is -0.480 e. The van der Waals surface area contributed by atoms with Crippen LogP contribution >= 0.6 is 0 Å². The molecule has 0 radical (unpaired) electrons. The molecule has 0 bridgehead atoms. The van der Waals surface area contributed by atoms with Crippen LogP contribution in [0.4, 0.5) is 33.3 Å². The van der Waals surface area contributed by atoms with Crippen LogP contribution in [0.3, 0.4) is 0 Å². The first-order valence-electron chi connectivity index (χ1n) is 26.4. The molecular formula is C59H51F5N8O12S3. The van der Waals surface area contributed by atoms with Gasteiger partial charge >= 0.3 is 17.9 Å². The monoisotopic (exact) mass is 1250 g/mol. The number of carboxylic acids is 3. The highest BCUT2D eigenvalue weighted by molar-refractivity contribution is 7.91. The van der Waals surface area contributed by atoms with E-state index in [1.807, 2.05) is 0 Å². The SMILES string of the molecule is Cc1c(Cc2ccc3c(c2)N=CN(C)S3(=O)=O)c2cc(F)ccc2n1CC(=O)O.Cc1c(Cc2ccc3c(c2)NC=NS3(=O)=O)c2cc(F)ccc2n1CC(=O)O.Cc1c(Cc2ccc3c(n2)C(F)(F)CCS3(=O)=O)c2cc(F)ccc2n1CC(=O)O. The van der Waals surface area contributed by atoms with Gasteiger partial charge in [-0.1, -0.05) is 12.1 Å². The van der Waals surface area contributed by atoms with Crippen molar-refractivity contribution in [2.75, 3.05) is 18.1 Å². The van der Waals surface area contributed by atoms with Gasteiger partial charge in [-0.05, 0) is 152 Å². The maximum atomic E-state index is 14.3. The lowest BCUT2D eigenvalue weighted by molar-refractivity contribution is -0.138. The normalized spacial score (nSPS) is 15.6. The lowest BCUT2D eigenvalue weighted by Crippen LogP contribution is -2.30. The number of aliphatic carboxylic acids is 3. The highest BCUT2D eigenvalue weighted by atomic mass is 32.2. The summed E-state index contributed by atoms with van der Waals surface area (Å²) >= 11 is 0. The fourth-order valence-corrected chi connectivity index (χ4v) is 14.6. The van der Waals surface area contributed by atoms with E-state index in [9.17, 15) is 76.9 Å². The number of rotatable bonds is 12. The maximum absolute atomic E-state index is 14.3. The Morgan fingerprint density at radius 2 is 1.03 bits per heavy atom. The lowest BCUT2D eigenvalue weighted by atomic mass is 10.0. The number of pyridine rings is 1. The fraction of sp³-hybridized carbons (Fsp3) is 0.220. The number of benzene rings is 5. The molecule has 12 rings (SSSR count). The number of sulfonamides is 2. The van der Waals surface area contributed by atoms with E-state index < -0.39 is 93.9 Å². The molecule has 0 aliphatic carbocycles. The molecule has 0 fully saturated rings. The van der Waals surface area contributed by atoms with Gasteiger partial charge in [0.15, 0.2) is 9.84 Å². The van der Waals surface area contributed by atoms with Crippen molar-refractivity contribution in [2.45, 2.75) is 86.7 Å². The van der Waals surface area contributed by atoms with Crippen molar-refractivity contribution in [2.24, 2.45) is 9.39 Å². The van der Waals surface area contributed by atoms with Gasteiger partial charge < -0.3 is 34.3 Å². The van der Waals surface area contributed by atoms with Gasteiger partial charge in [-0.25, -0.2) is 40.0 Å². The minimum atomic E-state index is -3.82. The number of anilines is 1. The van der Waals surface area contributed by atoms with Gasteiger partial charge in [0.2, 0.25) is 0 Å². The number of hydrogen-bond acceptors (Lipinski definition) is 12. The van der Waals surface area contributed by atoms with Crippen molar-refractivity contribution in [1.82, 2.24) is 23.0 Å². The molecule has 4 aromatic heterocycles. The van der Waals surface area contributed by atoms with Crippen molar-refractivity contribution in [3.05, 3.63) is 177 Å². The molecule has 3 aliphatic heterocycles. The first-order chi connectivity index (χ1) is 40.9. The Kier molecular flexibility index (Phi) is 16.0. The predicted molar refractivity (Wildman–Crippen MR) is 311 cm³/mol. The predicted octanol–water partition coefficient (Wildman–Crippen LogP) is 9.39. The molecule has 0 amide bonds. The van der Waals surface area contributed by atoms with E-state index in [0.717, 1.165) is 50.4 Å². The average molecular weight is 1260 g/mol. The molecule has 9 aromatic rings. The Morgan fingerprint density at radius 3 is 1.52 bits per heavy atom. The van der Waals surface area contributed by atoms with Gasteiger partial charge in [-0.2, -0.15) is 17.2 Å². The molecule has 452 valence electrons. The zero-order valence-electron chi connectivity index (χ0n) is 46.4. The topological polar surface area (TPSA) is 282 Å². The summed E-state index contributed by atoms with van der Waals surface area (Å²) in [4.78, 5) is 41.7. The van der Waals surface area contributed by atoms with E-state index in [0.29, 0.717) is 68.2 Å². The molecule has 5 aromatic carbocycles. The van der Waals surface area contributed by atoms with Gasteiger partial charge in [0.05, 0.1) is 22.0 Å². The average Bonchev–Trinajstić information content (AvgIpc) is 1.83. The minimum absolute atomic E-state index is 0.0157. The molecule has 0 saturated carbocycles. The second-order valence-corrected chi connectivity index (χ2v) is 26.5. The zero-order chi connectivity index (χ0) is 62.8. The molecule has 3 aliphatic rings. The third kappa shape index (κ3) is 11.9. The summed E-state index contributed by atoms with van der Waals surface area (Å²) in [7, 11) is -9.71. The number of sulfone groups is 1. The van der Waals surface area contributed by atoms with E-state index in [2.05, 4.69) is 19.7 Å². The Morgan fingerprint density at radius 1 is 0.586 bits per heavy atom. The zero-order valence-corrected chi connectivity index (χ0v) is 48.8. The maximum Gasteiger partial charge on any atom is 0.323 e. The molecule has 87 heavy (non-hydrogen) atoms. The number of nitrogens with one attached hydrogen (secondary N) is 1. The number of halogens is 5. The van der Waals surface area contributed by atoms with Crippen LogP contribution in [0.2, 0.25) is 0 Å². The molecule has 7 heterocycles. The number of alkyl halides is 2. The lowest BCUT2D eigenvalue weighted by Gasteiger charge is -2.24. The van der Waals surface area contributed by atoms with E-state index in [4.69, 9.17) is 0 Å². The first kappa shape index (κ1) is 60.8. The summed E-state index contributed by atoms with van der Waals surface area (Å²) in [6, 6.07) is 24.7. The molecule has 0 spiro atoms. The van der Waals surface area contributed by atoms with E-state index in [1.54, 1.807) is 66.3 Å². The summed E-state index contributed by atoms with van der Waals surface area (Å²) in [6.45, 7) is 4.45. The molecule has 0 unspecified atom stereocenters. The van der Waals surface area contributed by atoms with E-state index in [1.165, 1.54) is 78.6 Å². The molecule has 0 atom stereocenters. The van der Waals surface area contributed by atoms with Gasteiger partial charge in [0.1, 0.15) is 65.2 Å². The molecule has 28 heteroatoms. The van der Waals surface area contributed by atoms with E-state index >= 15 is 0 Å². The molecule has 0 saturated heterocycles. The van der Waals surface area contributed by atoms with Crippen molar-refractivity contribution in [3.8, 4) is 0 Å². The summed E-state index contributed by atoms with van der Waals surface area (Å²) < 4.78 is 153. The Hall–Kier alpha value is -9.28. The molecule has 4 N–H and O–H groups in total. The van der Waals surface area contributed by atoms with Crippen molar-refractivity contribution in [1.29, 1.82) is 0 Å². The number of fused-ring (bicyclic) bond motifs is 6. The van der Waals surface area contributed by atoms with Crippen LogP contribution in [-0.2, 0) is 89.1 Å². The number of aromatic nitrogens is 4. The van der Waals surface area contributed by atoms with Crippen LogP contribution in [-0.4, -0.2) is 107 Å². The Bertz CT molecular complexity index is 4810. The van der Waals surface area contributed by atoms with Crippen LogP contribution in [0.15, 0.2) is 127 Å². The van der Waals surface area contributed by atoms with Gasteiger partial charge in [0, 0.05) is 75.4 Å². The molecule has 20 nitrogen and oxygen atoms in total. The van der Waals surface area contributed by atoms with Crippen molar-refractivity contribution < 1.29 is 76.9 Å². The third-order valence-corrected chi connectivity index (χ3v) is 20.1. The summed E-state index contributed by atoms with van der Waals surface area (Å²) in [5, 5.41) is 32.2. The third-order valence-electron chi connectivity index (χ3n) is 15.3. The fourth-order valence-electron chi connectivity index (χ4n) is 11.0. The van der Waals surface area contributed by atoms with Gasteiger partial charge in [0.25, 0.3) is 26.0 Å². The van der Waals surface area contributed by atoms with E-state index in [-0.39, 0.29) is 41.5 Å². The highest BCUT2D eigenvalue weighted by Crippen LogP contribution is 2.41. The van der Waals surface area contributed by atoms with Crippen LogP contribution in [0.5, 0.6) is 0 Å². The van der Waals surface area contributed by atoms with Crippen LogP contribution in [0.1, 0.15) is 62.7 Å². The summed E-state index contributed by atoms with van der Waals surface area (Å²) in [6.07, 6.45) is 2.34. The standard InChI is InChI=1S/C20H17F3N2O4S.C20H18FN3O4S.C19H16FN3O4S/c1-11-14(15-8-12(21)2-4-16(15)25(11)10-18(26)27)9-13-3-5-17-19(24-13)20(22,23)6-7-30(17,28)29;1-12-15(16-9-14(21)4-5-18(16)24(12)10-20(25)26)7-13-3-6-19-17(8-13)22-11-23(2)29(19,27)28;1-11-14(15-8-13(20)3-4-17(15)23(11)9-19(24)25)6-12-2-5-18-16(7-12)21-10-22-28(18,26)27/h2-5,8H,6-7,9-10H2,1H3,(H,26,27);3-6,8-9,11H,7,10H2,1-2H3,(H,25,26);2-5,7-8,10H,6,9H2,1H3,(H,21,22)(H,24,25). The number of nitrogens with zero attached hydrogens (tertiary/aromatic N) is 7. The molecular weight excluding hydrogens is 1200 g/mol. The quantitative estimate of drug-likeness (QED) is 0.0829. The number of carboxylic acid groups (broad SMARTS) is 3. The largest absolute Gasteiger partial charge is 0.480 e. The van der Waals surface area contributed by atoms with Crippen LogP contribution < -0.4 is 5.32 Å².